The summed E-state index contributed by atoms with van der Waals surface area (Å²) in [5.74, 6) is -0.543. The van der Waals surface area contributed by atoms with Crippen molar-refractivity contribution in [2.24, 2.45) is 5.92 Å². The van der Waals surface area contributed by atoms with E-state index >= 15 is 0 Å². The van der Waals surface area contributed by atoms with Crippen LogP contribution >= 0.6 is 0 Å². The lowest BCUT2D eigenvalue weighted by atomic mass is 9.93. The maximum Gasteiger partial charge on any atom is 0.149 e. The number of benzene rings is 1. The van der Waals surface area contributed by atoms with Gasteiger partial charge in [-0.05, 0) is 37.4 Å². The van der Waals surface area contributed by atoms with Gasteiger partial charge in [0.1, 0.15) is 17.3 Å². The molecule has 0 aromatic heterocycles. The maximum atomic E-state index is 13.8. The van der Waals surface area contributed by atoms with Crippen molar-refractivity contribution in [1.82, 2.24) is 5.32 Å². The summed E-state index contributed by atoms with van der Waals surface area (Å²) >= 11 is 0. The average Bonchev–Trinajstić information content (AvgIpc) is 2.37. The van der Waals surface area contributed by atoms with E-state index < -0.39 is 11.6 Å². The number of para-hydroxylation sites is 1. The van der Waals surface area contributed by atoms with Gasteiger partial charge in [-0.2, -0.15) is 0 Å². The van der Waals surface area contributed by atoms with Gasteiger partial charge in [0.05, 0.1) is 0 Å². The third kappa shape index (κ3) is 3.24. The van der Waals surface area contributed by atoms with Crippen LogP contribution in [0.3, 0.4) is 0 Å². The molecule has 19 heavy (non-hydrogen) atoms. The Morgan fingerprint density at radius 3 is 2.58 bits per heavy atom. The van der Waals surface area contributed by atoms with Crippen LogP contribution in [0.4, 0.5) is 14.5 Å². The first-order valence-electron chi connectivity index (χ1n) is 7.05. The lowest BCUT2D eigenvalue weighted by Crippen LogP contribution is -2.49. The topological polar surface area (TPSA) is 15.3 Å². The molecule has 2 nitrogen and oxygen atoms in total. The van der Waals surface area contributed by atoms with E-state index in [2.05, 4.69) is 19.2 Å². The van der Waals surface area contributed by atoms with Crippen LogP contribution in [0.15, 0.2) is 18.2 Å². The van der Waals surface area contributed by atoms with Crippen molar-refractivity contribution < 1.29 is 8.78 Å². The average molecular weight is 268 g/mol. The van der Waals surface area contributed by atoms with Gasteiger partial charge in [0.25, 0.3) is 0 Å². The Morgan fingerprint density at radius 1 is 1.32 bits per heavy atom. The van der Waals surface area contributed by atoms with Crippen LogP contribution in [0, 0.1) is 17.6 Å². The second kappa shape index (κ2) is 6.33. The fourth-order valence-electron chi connectivity index (χ4n) is 2.77. The van der Waals surface area contributed by atoms with Gasteiger partial charge in [0.2, 0.25) is 0 Å². The number of hydrogen-bond donors (Lipinski definition) is 1. The van der Waals surface area contributed by atoms with Crippen LogP contribution in [-0.4, -0.2) is 25.7 Å². The van der Waals surface area contributed by atoms with E-state index in [4.69, 9.17) is 0 Å². The highest BCUT2D eigenvalue weighted by molar-refractivity contribution is 5.49. The Hall–Kier alpha value is -1.16. The Labute approximate surface area is 113 Å². The number of nitrogens with one attached hydrogen (secondary N) is 1. The van der Waals surface area contributed by atoms with Crippen molar-refractivity contribution in [1.29, 1.82) is 0 Å². The van der Waals surface area contributed by atoms with Crippen LogP contribution in [0.25, 0.3) is 0 Å². The Balaban J connectivity index is 2.05. The summed E-state index contributed by atoms with van der Waals surface area (Å²) < 4.78 is 27.5. The van der Waals surface area contributed by atoms with E-state index in [-0.39, 0.29) is 5.69 Å². The molecule has 0 amide bonds. The van der Waals surface area contributed by atoms with Gasteiger partial charge in [0, 0.05) is 19.1 Å². The second-order valence-electron chi connectivity index (χ2n) is 5.34. The van der Waals surface area contributed by atoms with E-state index in [1.165, 1.54) is 18.2 Å². The molecule has 1 N–H and O–H groups in total. The molecule has 0 spiro atoms. The first-order valence-corrected chi connectivity index (χ1v) is 7.05. The number of piperidine rings is 1. The van der Waals surface area contributed by atoms with Gasteiger partial charge in [-0.1, -0.05) is 19.9 Å². The highest BCUT2D eigenvalue weighted by Crippen LogP contribution is 2.28. The van der Waals surface area contributed by atoms with Crippen LogP contribution < -0.4 is 10.2 Å². The van der Waals surface area contributed by atoms with Gasteiger partial charge in [-0.25, -0.2) is 8.78 Å². The number of nitrogens with zero attached hydrogens (tertiary/aromatic N) is 1. The van der Waals surface area contributed by atoms with Crippen LogP contribution in [-0.2, 0) is 0 Å². The lowest BCUT2D eigenvalue weighted by molar-refractivity contribution is 0.319. The van der Waals surface area contributed by atoms with Crippen LogP contribution in [0.2, 0.25) is 0 Å². The molecule has 1 heterocycles. The van der Waals surface area contributed by atoms with Gasteiger partial charge in [0.15, 0.2) is 0 Å². The Morgan fingerprint density at radius 2 is 2.00 bits per heavy atom. The third-order valence-electron chi connectivity index (χ3n) is 3.82. The normalized spacial score (nSPS) is 23.7. The SMILES string of the molecule is CCCNC1CCN(c2c(F)cccc2F)CC1C. The Bertz CT molecular complexity index is 402. The van der Waals surface area contributed by atoms with E-state index in [1.54, 1.807) is 0 Å². The molecule has 2 unspecified atom stereocenters. The number of rotatable bonds is 4. The summed E-state index contributed by atoms with van der Waals surface area (Å²) in [7, 11) is 0. The lowest BCUT2D eigenvalue weighted by Gasteiger charge is -2.38. The Kier molecular flexibility index (Phi) is 4.75. The van der Waals surface area contributed by atoms with Crippen molar-refractivity contribution >= 4 is 5.69 Å². The molecule has 1 aromatic rings. The molecule has 1 saturated heterocycles. The molecule has 1 aliphatic rings. The number of hydrogen-bond acceptors (Lipinski definition) is 2. The van der Waals surface area contributed by atoms with Crippen molar-refractivity contribution in [2.75, 3.05) is 24.5 Å². The van der Waals surface area contributed by atoms with Gasteiger partial charge >= 0.3 is 0 Å². The molecule has 0 radical (unpaired) electrons. The monoisotopic (exact) mass is 268 g/mol. The second-order valence-corrected chi connectivity index (χ2v) is 5.34. The summed E-state index contributed by atoms with van der Waals surface area (Å²) in [6.07, 6.45) is 2.03. The van der Waals surface area contributed by atoms with Crippen LogP contribution in [0.5, 0.6) is 0 Å². The fraction of sp³-hybridized carbons (Fsp3) is 0.600. The first-order chi connectivity index (χ1) is 9.13. The minimum Gasteiger partial charge on any atom is -0.366 e. The molecular weight excluding hydrogens is 246 g/mol. The van der Waals surface area contributed by atoms with Crippen LogP contribution in [0.1, 0.15) is 26.7 Å². The predicted octanol–water partition coefficient (Wildman–Crippen LogP) is 3.18. The molecule has 1 aliphatic heterocycles. The van der Waals surface area contributed by atoms with E-state index in [0.29, 0.717) is 25.0 Å². The minimum absolute atomic E-state index is 0.128. The standard InChI is InChI=1S/C15H22F2N2/c1-3-8-18-14-7-9-19(10-11(14)2)15-12(16)5-4-6-13(15)17/h4-6,11,14,18H,3,7-10H2,1-2H3. The fourth-order valence-corrected chi connectivity index (χ4v) is 2.77. The molecule has 0 saturated carbocycles. The molecule has 1 fully saturated rings. The third-order valence-corrected chi connectivity index (χ3v) is 3.82. The summed E-state index contributed by atoms with van der Waals surface area (Å²) in [4.78, 5) is 1.83. The quantitative estimate of drug-likeness (QED) is 0.902. The molecule has 1 aromatic carbocycles. The van der Waals surface area contributed by atoms with Crippen molar-refractivity contribution in [2.45, 2.75) is 32.7 Å². The zero-order valence-corrected chi connectivity index (χ0v) is 11.6. The molecular formula is C15H22F2N2. The smallest absolute Gasteiger partial charge is 0.149 e. The number of anilines is 1. The van der Waals surface area contributed by atoms with Gasteiger partial charge in [-0.15, -0.1) is 0 Å². The van der Waals surface area contributed by atoms with Crippen molar-refractivity contribution in [3.05, 3.63) is 29.8 Å². The molecule has 4 heteroatoms. The summed E-state index contributed by atoms with van der Waals surface area (Å²) in [5, 5.41) is 3.51. The molecule has 0 bridgehead atoms. The largest absolute Gasteiger partial charge is 0.366 e. The van der Waals surface area contributed by atoms with E-state index in [9.17, 15) is 8.78 Å². The van der Waals surface area contributed by atoms with Crippen molar-refractivity contribution in [3.63, 3.8) is 0 Å². The highest BCUT2D eigenvalue weighted by Gasteiger charge is 2.28. The molecule has 2 atom stereocenters. The molecule has 106 valence electrons. The molecule has 2 rings (SSSR count). The summed E-state index contributed by atoms with van der Waals surface area (Å²) in [5.41, 5.74) is 0.128. The zero-order valence-electron chi connectivity index (χ0n) is 11.6. The van der Waals surface area contributed by atoms with E-state index in [0.717, 1.165) is 19.4 Å². The highest BCUT2D eigenvalue weighted by atomic mass is 19.1. The van der Waals surface area contributed by atoms with Gasteiger partial charge < -0.3 is 10.2 Å². The minimum atomic E-state index is -0.466. The van der Waals surface area contributed by atoms with E-state index in [1.807, 2.05) is 4.90 Å². The maximum absolute atomic E-state index is 13.8. The van der Waals surface area contributed by atoms with Crippen molar-refractivity contribution in [3.8, 4) is 0 Å². The number of halogens is 2. The summed E-state index contributed by atoms with van der Waals surface area (Å²) in [6.45, 7) is 6.67. The zero-order chi connectivity index (χ0) is 13.8. The first kappa shape index (κ1) is 14.3. The van der Waals surface area contributed by atoms with Gasteiger partial charge in [-0.3, -0.25) is 0 Å². The summed E-state index contributed by atoms with van der Waals surface area (Å²) in [6, 6.07) is 4.51. The predicted molar refractivity (Wildman–Crippen MR) is 74.4 cm³/mol. The molecule has 0 aliphatic carbocycles.